The van der Waals surface area contributed by atoms with E-state index in [4.69, 9.17) is 9.26 Å². The number of ether oxygens (including phenoxy) is 1. The number of benzene rings is 2. The molecule has 0 N–H and O–H groups in total. The van der Waals surface area contributed by atoms with Crippen LogP contribution in [-0.4, -0.2) is 40.9 Å². The maximum absolute atomic E-state index is 13.0. The zero-order chi connectivity index (χ0) is 22.9. The smallest absolute Gasteiger partial charge is 0.312 e. The van der Waals surface area contributed by atoms with Gasteiger partial charge in [-0.15, -0.1) is 0 Å². The van der Waals surface area contributed by atoms with E-state index in [1.165, 1.54) is 16.4 Å². The maximum Gasteiger partial charge on any atom is 0.312 e. The van der Waals surface area contributed by atoms with Crippen LogP contribution in [0.5, 0.6) is 11.5 Å². The van der Waals surface area contributed by atoms with Crippen LogP contribution in [0.3, 0.4) is 0 Å². The van der Waals surface area contributed by atoms with Gasteiger partial charge in [-0.05, 0) is 55.2 Å². The van der Waals surface area contributed by atoms with E-state index in [0.29, 0.717) is 36.1 Å². The first-order chi connectivity index (χ1) is 15.2. The second kappa shape index (κ2) is 8.67. The Kier molecular flexibility index (Phi) is 5.94. The zero-order valence-electron chi connectivity index (χ0n) is 17.6. The Morgan fingerprint density at radius 1 is 1.22 bits per heavy atom. The van der Waals surface area contributed by atoms with Crippen LogP contribution in [0.1, 0.15) is 25.7 Å². The Labute approximate surface area is 185 Å². The van der Waals surface area contributed by atoms with Gasteiger partial charge < -0.3 is 9.26 Å². The molecule has 2 heterocycles. The SMILES string of the molecule is Cc1nc(-c2ccc(Oc3ccc(S(=O)(=O)N4CCCC(C)C4)cc3[N+](=O)[O-])cc2)no1. The highest BCUT2D eigenvalue weighted by Crippen LogP contribution is 2.35. The number of hydrogen-bond donors (Lipinski definition) is 0. The number of nitrogens with zero attached hydrogens (tertiary/aromatic N) is 4. The van der Waals surface area contributed by atoms with Gasteiger partial charge in [0.2, 0.25) is 27.5 Å². The maximum atomic E-state index is 13.0. The molecule has 0 spiro atoms. The van der Waals surface area contributed by atoms with Crippen LogP contribution >= 0.6 is 0 Å². The molecular weight excluding hydrogens is 436 g/mol. The van der Waals surface area contributed by atoms with E-state index in [1.54, 1.807) is 31.2 Å². The number of rotatable bonds is 6. The lowest BCUT2D eigenvalue weighted by molar-refractivity contribution is -0.385. The van der Waals surface area contributed by atoms with E-state index < -0.39 is 20.6 Å². The third-order valence-corrected chi connectivity index (χ3v) is 7.11. The average Bonchev–Trinajstić information content (AvgIpc) is 3.20. The molecule has 0 bridgehead atoms. The summed E-state index contributed by atoms with van der Waals surface area (Å²) < 4.78 is 38.0. The molecule has 10 nitrogen and oxygen atoms in total. The fourth-order valence-corrected chi connectivity index (χ4v) is 5.23. The van der Waals surface area contributed by atoms with Crippen LogP contribution in [0.4, 0.5) is 5.69 Å². The molecule has 0 saturated carbocycles. The van der Waals surface area contributed by atoms with Crippen molar-refractivity contribution in [2.75, 3.05) is 13.1 Å². The molecular formula is C21H22N4O6S. The Hall–Kier alpha value is -3.31. The molecule has 1 aromatic heterocycles. The van der Waals surface area contributed by atoms with Gasteiger partial charge in [-0.25, -0.2) is 8.42 Å². The third kappa shape index (κ3) is 4.48. The topological polar surface area (TPSA) is 129 Å². The molecule has 1 aliphatic rings. The summed E-state index contributed by atoms with van der Waals surface area (Å²) in [5.41, 5.74) is 0.273. The Morgan fingerprint density at radius 3 is 2.59 bits per heavy atom. The van der Waals surface area contributed by atoms with Crippen molar-refractivity contribution in [3.05, 3.63) is 58.5 Å². The second-order valence-electron chi connectivity index (χ2n) is 7.76. The number of nitro groups is 1. The minimum Gasteiger partial charge on any atom is -0.450 e. The monoisotopic (exact) mass is 458 g/mol. The second-order valence-corrected chi connectivity index (χ2v) is 9.70. The van der Waals surface area contributed by atoms with Gasteiger partial charge in [-0.2, -0.15) is 9.29 Å². The average molecular weight is 458 g/mol. The highest BCUT2D eigenvalue weighted by molar-refractivity contribution is 7.89. The lowest BCUT2D eigenvalue weighted by Crippen LogP contribution is -2.39. The Bertz CT molecular complexity index is 1240. The molecule has 4 rings (SSSR count). The van der Waals surface area contributed by atoms with Crippen molar-refractivity contribution in [1.29, 1.82) is 0 Å². The van der Waals surface area contributed by atoms with Gasteiger partial charge in [0.25, 0.3) is 0 Å². The van der Waals surface area contributed by atoms with Gasteiger partial charge >= 0.3 is 5.69 Å². The fourth-order valence-electron chi connectivity index (χ4n) is 3.62. The minimum absolute atomic E-state index is 0.0517. The van der Waals surface area contributed by atoms with Gasteiger partial charge in [-0.3, -0.25) is 10.1 Å². The molecule has 1 saturated heterocycles. The summed E-state index contributed by atoms with van der Waals surface area (Å²) in [6, 6.07) is 10.3. The Morgan fingerprint density at radius 2 is 1.97 bits per heavy atom. The largest absolute Gasteiger partial charge is 0.450 e. The van der Waals surface area contributed by atoms with Gasteiger partial charge in [0.15, 0.2) is 0 Å². The predicted octanol–water partition coefficient (Wildman–Crippen LogP) is 4.17. The first kappa shape index (κ1) is 21.9. The summed E-state index contributed by atoms with van der Waals surface area (Å²) in [4.78, 5) is 15.0. The number of sulfonamides is 1. The molecule has 32 heavy (non-hydrogen) atoms. The summed E-state index contributed by atoms with van der Waals surface area (Å²) in [6.45, 7) is 4.49. The molecule has 1 atom stereocenters. The standard InChI is InChI=1S/C21H22N4O6S/c1-14-4-3-11-24(13-14)32(28,29)18-9-10-20(19(12-18)25(26)27)30-17-7-5-16(6-8-17)21-22-15(2)31-23-21/h5-10,12,14H,3-4,11,13H2,1-2H3. The third-order valence-electron chi connectivity index (χ3n) is 5.25. The molecule has 0 radical (unpaired) electrons. The van der Waals surface area contributed by atoms with Crippen molar-refractivity contribution in [1.82, 2.24) is 14.4 Å². The van der Waals surface area contributed by atoms with Crippen LogP contribution in [0.25, 0.3) is 11.4 Å². The first-order valence-electron chi connectivity index (χ1n) is 10.1. The van der Waals surface area contributed by atoms with Crippen molar-refractivity contribution < 1.29 is 22.6 Å². The number of aromatic nitrogens is 2. The molecule has 1 aliphatic heterocycles. The summed E-state index contributed by atoms with van der Waals surface area (Å²) in [5.74, 6) is 1.39. The van der Waals surface area contributed by atoms with Gasteiger partial charge in [0.05, 0.1) is 9.82 Å². The zero-order valence-corrected chi connectivity index (χ0v) is 18.4. The lowest BCUT2D eigenvalue weighted by atomic mass is 10.0. The Balaban J connectivity index is 1.59. The van der Waals surface area contributed by atoms with E-state index >= 15 is 0 Å². The molecule has 0 aliphatic carbocycles. The molecule has 3 aromatic rings. The molecule has 11 heteroatoms. The van der Waals surface area contributed by atoms with Crippen LogP contribution in [0.2, 0.25) is 0 Å². The quantitative estimate of drug-likeness (QED) is 0.398. The van der Waals surface area contributed by atoms with Gasteiger partial charge in [0.1, 0.15) is 5.75 Å². The normalized spacial score (nSPS) is 17.2. The molecule has 168 valence electrons. The van der Waals surface area contributed by atoms with Crippen LogP contribution in [0.15, 0.2) is 51.9 Å². The molecule has 2 aromatic carbocycles. The van der Waals surface area contributed by atoms with E-state index in [9.17, 15) is 18.5 Å². The summed E-state index contributed by atoms with van der Waals surface area (Å²) >= 11 is 0. The highest BCUT2D eigenvalue weighted by atomic mass is 32.2. The molecule has 1 unspecified atom stereocenters. The molecule has 1 fully saturated rings. The van der Waals surface area contributed by atoms with Crippen molar-refractivity contribution >= 4 is 15.7 Å². The number of piperidine rings is 1. The van der Waals surface area contributed by atoms with E-state index in [2.05, 4.69) is 10.1 Å². The van der Waals surface area contributed by atoms with Crippen molar-refractivity contribution in [3.63, 3.8) is 0 Å². The van der Waals surface area contributed by atoms with Gasteiger partial charge in [0, 0.05) is 31.6 Å². The summed E-state index contributed by atoms with van der Waals surface area (Å²) in [6.07, 6.45) is 1.73. The lowest BCUT2D eigenvalue weighted by Gasteiger charge is -2.30. The first-order valence-corrected chi connectivity index (χ1v) is 11.6. The van der Waals surface area contributed by atoms with Crippen molar-refractivity contribution in [2.24, 2.45) is 5.92 Å². The number of aryl methyl sites for hydroxylation is 1. The van der Waals surface area contributed by atoms with Crippen molar-refractivity contribution in [2.45, 2.75) is 31.6 Å². The molecule has 0 amide bonds. The van der Waals surface area contributed by atoms with Crippen LogP contribution in [-0.2, 0) is 10.0 Å². The van der Waals surface area contributed by atoms with E-state index in [-0.39, 0.29) is 16.6 Å². The highest BCUT2D eigenvalue weighted by Gasteiger charge is 2.31. The van der Waals surface area contributed by atoms with E-state index in [1.807, 2.05) is 6.92 Å². The van der Waals surface area contributed by atoms with Crippen molar-refractivity contribution in [3.8, 4) is 22.9 Å². The minimum atomic E-state index is -3.82. The summed E-state index contributed by atoms with van der Waals surface area (Å²) in [5, 5.41) is 15.5. The number of hydrogen-bond acceptors (Lipinski definition) is 8. The van der Waals surface area contributed by atoms with E-state index in [0.717, 1.165) is 18.9 Å². The van der Waals surface area contributed by atoms with Crippen LogP contribution in [0, 0.1) is 23.0 Å². The van der Waals surface area contributed by atoms with Crippen LogP contribution < -0.4 is 4.74 Å². The van der Waals surface area contributed by atoms with Gasteiger partial charge in [-0.1, -0.05) is 12.1 Å². The predicted molar refractivity (Wildman–Crippen MR) is 115 cm³/mol. The summed E-state index contributed by atoms with van der Waals surface area (Å²) in [7, 11) is -3.82. The number of nitro benzene ring substituents is 1. The fraction of sp³-hybridized carbons (Fsp3) is 0.333.